The van der Waals surface area contributed by atoms with Gasteiger partial charge in [-0.1, -0.05) is 31.9 Å². The molecule has 0 spiro atoms. The van der Waals surface area contributed by atoms with Crippen molar-refractivity contribution < 1.29 is 9.53 Å². The fourth-order valence-corrected chi connectivity index (χ4v) is 1.60. The number of unbranched alkanes of at least 4 members (excludes halogenated alkanes) is 2. The number of nitrogens with one attached hydrogen (secondary N) is 1. The molecule has 1 rings (SSSR count). The van der Waals surface area contributed by atoms with Crippen molar-refractivity contribution in [2.24, 2.45) is 0 Å². The van der Waals surface area contributed by atoms with Crippen LogP contribution in [0.15, 0.2) is 24.3 Å². The average molecular weight is 235 g/mol. The summed E-state index contributed by atoms with van der Waals surface area (Å²) in [4.78, 5) is 11.7. The maximum absolute atomic E-state index is 11.7. The lowest BCUT2D eigenvalue weighted by atomic mass is 10.1. The molecule has 17 heavy (non-hydrogen) atoms. The molecule has 3 nitrogen and oxygen atoms in total. The van der Waals surface area contributed by atoms with Gasteiger partial charge in [0.1, 0.15) is 0 Å². The van der Waals surface area contributed by atoms with Crippen molar-refractivity contribution in [1.29, 1.82) is 0 Å². The molecule has 0 radical (unpaired) electrons. The Bertz CT molecular complexity index is 333. The highest BCUT2D eigenvalue weighted by Gasteiger charge is 2.03. The first-order valence-electron chi connectivity index (χ1n) is 6.14. The second-order valence-electron chi connectivity index (χ2n) is 4.09. The van der Waals surface area contributed by atoms with Crippen molar-refractivity contribution in [1.82, 2.24) is 5.32 Å². The summed E-state index contributed by atoms with van der Waals surface area (Å²) in [5, 5.41) is 2.92. The number of benzene rings is 1. The highest BCUT2D eigenvalue weighted by Crippen LogP contribution is 2.05. The standard InChI is InChI=1S/C14H21NO2/c1-3-4-5-10-15-14(16)13-8-6-12(7-9-13)11-17-2/h6-9H,3-5,10-11H2,1-2H3,(H,15,16). The molecule has 0 heterocycles. The summed E-state index contributed by atoms with van der Waals surface area (Å²) < 4.78 is 5.02. The minimum absolute atomic E-state index is 0.00469. The van der Waals surface area contributed by atoms with Gasteiger partial charge < -0.3 is 10.1 Å². The Balaban J connectivity index is 2.40. The first kappa shape index (κ1) is 13.7. The van der Waals surface area contributed by atoms with E-state index in [1.54, 1.807) is 7.11 Å². The van der Waals surface area contributed by atoms with E-state index in [1.807, 2.05) is 24.3 Å². The molecule has 1 N–H and O–H groups in total. The molecule has 0 aliphatic heterocycles. The number of amides is 1. The molecular formula is C14H21NO2. The molecule has 0 saturated heterocycles. The zero-order chi connectivity index (χ0) is 12.5. The molecular weight excluding hydrogens is 214 g/mol. The summed E-state index contributed by atoms with van der Waals surface area (Å²) in [5.41, 5.74) is 1.79. The van der Waals surface area contributed by atoms with Gasteiger partial charge in [0, 0.05) is 19.2 Å². The number of rotatable bonds is 7. The maximum Gasteiger partial charge on any atom is 0.251 e. The van der Waals surface area contributed by atoms with Crippen molar-refractivity contribution in [3.8, 4) is 0 Å². The average Bonchev–Trinajstić information content (AvgIpc) is 2.36. The third-order valence-corrected chi connectivity index (χ3v) is 2.59. The van der Waals surface area contributed by atoms with Crippen molar-refractivity contribution in [2.45, 2.75) is 32.8 Å². The van der Waals surface area contributed by atoms with Crippen LogP contribution in [0.25, 0.3) is 0 Å². The van der Waals surface area contributed by atoms with Gasteiger partial charge in [-0.2, -0.15) is 0 Å². The van der Waals surface area contributed by atoms with Crippen LogP contribution in [-0.2, 0) is 11.3 Å². The van der Waals surface area contributed by atoms with Crippen molar-refractivity contribution in [3.63, 3.8) is 0 Å². The fraction of sp³-hybridized carbons (Fsp3) is 0.500. The van der Waals surface area contributed by atoms with Crippen LogP contribution < -0.4 is 5.32 Å². The van der Waals surface area contributed by atoms with Crippen LogP contribution >= 0.6 is 0 Å². The SMILES string of the molecule is CCCCCNC(=O)c1ccc(COC)cc1. The van der Waals surface area contributed by atoms with E-state index in [2.05, 4.69) is 12.2 Å². The summed E-state index contributed by atoms with van der Waals surface area (Å²) in [5.74, 6) is 0.00469. The predicted octanol–water partition coefficient (Wildman–Crippen LogP) is 2.75. The lowest BCUT2D eigenvalue weighted by molar-refractivity contribution is 0.0953. The van der Waals surface area contributed by atoms with Gasteiger partial charge in [0.15, 0.2) is 0 Å². The molecule has 0 aliphatic rings. The second kappa shape index (κ2) is 7.85. The van der Waals surface area contributed by atoms with Crippen molar-refractivity contribution >= 4 is 5.91 Å². The van der Waals surface area contributed by atoms with Gasteiger partial charge in [-0.05, 0) is 24.1 Å². The number of ether oxygens (including phenoxy) is 1. The molecule has 0 saturated carbocycles. The number of hydrogen-bond acceptors (Lipinski definition) is 2. The van der Waals surface area contributed by atoms with Gasteiger partial charge in [0.05, 0.1) is 6.61 Å². The summed E-state index contributed by atoms with van der Waals surface area (Å²) in [7, 11) is 1.66. The third-order valence-electron chi connectivity index (χ3n) is 2.59. The van der Waals surface area contributed by atoms with Crippen LogP contribution in [0.4, 0.5) is 0 Å². The maximum atomic E-state index is 11.7. The first-order chi connectivity index (χ1) is 8.27. The van der Waals surface area contributed by atoms with Crippen LogP contribution in [0.3, 0.4) is 0 Å². The Labute approximate surface area is 103 Å². The van der Waals surface area contributed by atoms with E-state index in [1.165, 1.54) is 6.42 Å². The summed E-state index contributed by atoms with van der Waals surface area (Å²) >= 11 is 0. The predicted molar refractivity (Wildman–Crippen MR) is 69.0 cm³/mol. The molecule has 1 amide bonds. The molecule has 3 heteroatoms. The highest BCUT2D eigenvalue weighted by molar-refractivity contribution is 5.94. The van der Waals surface area contributed by atoms with Crippen molar-refractivity contribution in [3.05, 3.63) is 35.4 Å². The van der Waals surface area contributed by atoms with Gasteiger partial charge >= 0.3 is 0 Å². The molecule has 94 valence electrons. The Morgan fingerprint density at radius 1 is 1.24 bits per heavy atom. The first-order valence-corrected chi connectivity index (χ1v) is 6.14. The molecule has 1 aromatic carbocycles. The van der Waals surface area contributed by atoms with Crippen LogP contribution in [0.2, 0.25) is 0 Å². The van der Waals surface area contributed by atoms with Crippen LogP contribution in [0.5, 0.6) is 0 Å². The smallest absolute Gasteiger partial charge is 0.251 e. The molecule has 1 aromatic rings. The van der Waals surface area contributed by atoms with Gasteiger partial charge in [0.2, 0.25) is 0 Å². The van der Waals surface area contributed by atoms with Crippen LogP contribution in [0, 0.1) is 0 Å². The van der Waals surface area contributed by atoms with Crippen LogP contribution in [-0.4, -0.2) is 19.6 Å². The van der Waals surface area contributed by atoms with E-state index in [0.29, 0.717) is 12.2 Å². The Kier molecular flexibility index (Phi) is 6.33. The lowest BCUT2D eigenvalue weighted by Crippen LogP contribution is -2.24. The van der Waals surface area contributed by atoms with E-state index >= 15 is 0 Å². The second-order valence-corrected chi connectivity index (χ2v) is 4.09. The van der Waals surface area contributed by atoms with E-state index in [0.717, 1.165) is 24.9 Å². The summed E-state index contributed by atoms with van der Waals surface area (Å²) in [6.45, 7) is 3.49. The Morgan fingerprint density at radius 3 is 2.53 bits per heavy atom. The van der Waals surface area contributed by atoms with E-state index in [-0.39, 0.29) is 5.91 Å². The zero-order valence-electron chi connectivity index (χ0n) is 10.7. The number of methoxy groups -OCH3 is 1. The lowest BCUT2D eigenvalue weighted by Gasteiger charge is -2.05. The molecule has 0 unspecified atom stereocenters. The molecule has 0 bridgehead atoms. The number of carbonyl (C=O) groups is 1. The normalized spacial score (nSPS) is 10.2. The van der Waals surface area contributed by atoms with Gasteiger partial charge in [-0.25, -0.2) is 0 Å². The third kappa shape index (κ3) is 5.00. The quantitative estimate of drug-likeness (QED) is 0.738. The minimum atomic E-state index is 0.00469. The Hall–Kier alpha value is -1.35. The van der Waals surface area contributed by atoms with Crippen molar-refractivity contribution in [2.75, 3.05) is 13.7 Å². The van der Waals surface area contributed by atoms with Crippen LogP contribution in [0.1, 0.15) is 42.1 Å². The molecule has 0 atom stereocenters. The highest BCUT2D eigenvalue weighted by atomic mass is 16.5. The molecule has 0 aromatic heterocycles. The monoisotopic (exact) mass is 235 g/mol. The van der Waals surface area contributed by atoms with E-state index in [9.17, 15) is 4.79 Å². The van der Waals surface area contributed by atoms with Gasteiger partial charge in [-0.3, -0.25) is 4.79 Å². The topological polar surface area (TPSA) is 38.3 Å². The molecule has 0 aliphatic carbocycles. The zero-order valence-corrected chi connectivity index (χ0v) is 10.7. The van der Waals surface area contributed by atoms with Gasteiger partial charge in [-0.15, -0.1) is 0 Å². The largest absolute Gasteiger partial charge is 0.380 e. The number of carbonyl (C=O) groups excluding carboxylic acids is 1. The van der Waals surface area contributed by atoms with E-state index < -0.39 is 0 Å². The fourth-order valence-electron chi connectivity index (χ4n) is 1.60. The minimum Gasteiger partial charge on any atom is -0.380 e. The summed E-state index contributed by atoms with van der Waals surface area (Å²) in [6, 6.07) is 7.52. The van der Waals surface area contributed by atoms with E-state index in [4.69, 9.17) is 4.74 Å². The molecule has 0 fully saturated rings. The van der Waals surface area contributed by atoms with Gasteiger partial charge in [0.25, 0.3) is 5.91 Å². The number of hydrogen-bond donors (Lipinski definition) is 1. The Morgan fingerprint density at radius 2 is 1.94 bits per heavy atom. The summed E-state index contributed by atoms with van der Waals surface area (Å²) in [6.07, 6.45) is 3.37.